The first kappa shape index (κ1) is 18.6. The minimum absolute atomic E-state index is 0.115. The van der Waals surface area contributed by atoms with Crippen LogP contribution in [0.25, 0.3) is 0 Å². The predicted molar refractivity (Wildman–Crippen MR) is 96.1 cm³/mol. The lowest BCUT2D eigenvalue weighted by Crippen LogP contribution is -2.58. The van der Waals surface area contributed by atoms with Crippen molar-refractivity contribution in [1.82, 2.24) is 14.4 Å². The van der Waals surface area contributed by atoms with Crippen LogP contribution in [0.15, 0.2) is 4.99 Å². The van der Waals surface area contributed by atoms with Crippen molar-refractivity contribution in [2.45, 2.75) is 45.4 Å². The number of methoxy groups -OCH3 is 1. The highest BCUT2D eigenvalue weighted by atomic mass is 16.5. The minimum Gasteiger partial charge on any atom is -0.468 e. The number of imidazole rings is 1. The molecule has 0 spiro atoms. The monoisotopic (exact) mass is 390 g/mol. The molecule has 2 saturated heterocycles. The number of fused-ring (bicyclic) bond motifs is 3. The van der Waals surface area contributed by atoms with Crippen LogP contribution in [0, 0.1) is 13.8 Å². The van der Waals surface area contributed by atoms with E-state index in [-0.39, 0.29) is 6.10 Å². The van der Waals surface area contributed by atoms with Gasteiger partial charge in [-0.2, -0.15) is 0 Å². The van der Waals surface area contributed by atoms with Gasteiger partial charge in [-0.15, -0.1) is 0 Å². The number of urea groups is 1. The summed E-state index contributed by atoms with van der Waals surface area (Å²) in [5.74, 6) is -0.135. The lowest BCUT2D eigenvalue weighted by Gasteiger charge is -2.32. The highest BCUT2D eigenvalue weighted by Gasteiger charge is 2.54. The molecular weight excluding hydrogens is 366 g/mol. The van der Waals surface area contributed by atoms with Crippen LogP contribution in [0.2, 0.25) is 0 Å². The Hall–Kier alpha value is -2.75. The quantitative estimate of drug-likeness (QED) is 0.541. The molecule has 2 unspecified atom stereocenters. The van der Waals surface area contributed by atoms with Gasteiger partial charge in [0.2, 0.25) is 11.9 Å². The summed E-state index contributed by atoms with van der Waals surface area (Å²) >= 11 is 0. The summed E-state index contributed by atoms with van der Waals surface area (Å²) in [7, 11) is 2.78. The van der Waals surface area contributed by atoms with Crippen molar-refractivity contribution >= 4 is 29.7 Å². The molecule has 28 heavy (non-hydrogen) atoms. The van der Waals surface area contributed by atoms with E-state index < -0.39 is 30.5 Å². The SMILES string of the molecule is COC(=O)CN1C(=O)C2C(=Nc3n2c(C)c(C)[n+]3CC2CCCO2)N(C)C1=O. The highest BCUT2D eigenvalue weighted by molar-refractivity contribution is 6.21. The smallest absolute Gasteiger partial charge is 0.402 e. The number of rotatable bonds is 4. The molecule has 0 bridgehead atoms. The zero-order valence-electron chi connectivity index (χ0n) is 16.5. The number of likely N-dealkylation sites (N-methyl/N-ethyl adjacent to an activating group) is 1. The molecule has 150 valence electrons. The lowest BCUT2D eigenvalue weighted by atomic mass is 10.1. The van der Waals surface area contributed by atoms with Gasteiger partial charge < -0.3 is 9.47 Å². The number of carbonyl (C=O) groups excluding carboxylic acids is 3. The van der Waals surface area contributed by atoms with E-state index in [0.29, 0.717) is 18.3 Å². The van der Waals surface area contributed by atoms with E-state index >= 15 is 0 Å². The lowest BCUT2D eigenvalue weighted by molar-refractivity contribution is -0.695. The average molecular weight is 390 g/mol. The summed E-state index contributed by atoms with van der Waals surface area (Å²) in [6.07, 6.45) is 2.14. The molecule has 3 aliphatic heterocycles. The van der Waals surface area contributed by atoms with Crippen LogP contribution in [0.3, 0.4) is 0 Å². The first-order chi connectivity index (χ1) is 13.3. The van der Waals surface area contributed by atoms with E-state index in [1.54, 1.807) is 7.05 Å². The van der Waals surface area contributed by atoms with Crippen LogP contribution in [-0.2, 0) is 25.6 Å². The molecule has 0 aliphatic carbocycles. The van der Waals surface area contributed by atoms with Crippen molar-refractivity contribution in [1.29, 1.82) is 0 Å². The highest BCUT2D eigenvalue weighted by Crippen LogP contribution is 2.35. The van der Waals surface area contributed by atoms with E-state index in [4.69, 9.17) is 4.74 Å². The number of imide groups is 1. The van der Waals surface area contributed by atoms with Gasteiger partial charge in [0, 0.05) is 13.7 Å². The minimum atomic E-state index is -0.771. The molecular formula is C18H24N5O5+. The van der Waals surface area contributed by atoms with E-state index in [0.717, 1.165) is 35.7 Å². The number of aromatic nitrogens is 2. The predicted octanol–water partition coefficient (Wildman–Crippen LogP) is 0.223. The number of ether oxygens (including phenoxy) is 2. The molecule has 10 heteroatoms. The molecule has 0 N–H and O–H groups in total. The zero-order valence-corrected chi connectivity index (χ0v) is 16.5. The van der Waals surface area contributed by atoms with Gasteiger partial charge in [0.15, 0.2) is 0 Å². The average Bonchev–Trinajstić information content (AvgIpc) is 3.38. The Morgan fingerprint density at radius 3 is 2.75 bits per heavy atom. The van der Waals surface area contributed by atoms with Gasteiger partial charge in [-0.1, -0.05) is 4.99 Å². The summed E-state index contributed by atoms with van der Waals surface area (Å²) in [5.41, 5.74) is 1.89. The molecule has 0 aromatic carbocycles. The third-order valence-electron chi connectivity index (χ3n) is 5.75. The van der Waals surface area contributed by atoms with Crippen LogP contribution < -0.4 is 4.57 Å². The molecule has 1 aromatic heterocycles. The number of hydrogen-bond acceptors (Lipinski definition) is 6. The van der Waals surface area contributed by atoms with Gasteiger partial charge >= 0.3 is 17.9 Å². The molecule has 1 aromatic rings. The van der Waals surface area contributed by atoms with Crippen molar-refractivity contribution in [2.75, 3.05) is 27.3 Å². The first-order valence-electron chi connectivity index (χ1n) is 9.32. The summed E-state index contributed by atoms with van der Waals surface area (Å²) in [6, 6.07) is -1.36. The van der Waals surface area contributed by atoms with Crippen molar-refractivity contribution in [3.63, 3.8) is 0 Å². The third kappa shape index (κ3) is 2.62. The second-order valence-electron chi connectivity index (χ2n) is 7.30. The fraction of sp³-hybridized carbons (Fsp3) is 0.611. The molecule has 2 atom stereocenters. The number of esters is 1. The topological polar surface area (TPSA) is 97.3 Å². The number of carbonyl (C=O) groups is 3. The summed E-state index contributed by atoms with van der Waals surface area (Å²) in [5, 5.41) is 0. The van der Waals surface area contributed by atoms with Crippen LogP contribution >= 0.6 is 0 Å². The Morgan fingerprint density at radius 1 is 1.36 bits per heavy atom. The van der Waals surface area contributed by atoms with Crippen LogP contribution in [0.4, 0.5) is 10.7 Å². The number of hydrogen-bond donors (Lipinski definition) is 0. The maximum absolute atomic E-state index is 13.1. The number of amides is 3. The summed E-state index contributed by atoms with van der Waals surface area (Å²) in [6.45, 7) is 4.90. The molecule has 0 radical (unpaired) electrons. The normalized spacial score (nSPS) is 23.8. The Kier molecular flexibility index (Phi) is 4.45. The maximum Gasteiger partial charge on any atom is 0.402 e. The molecule has 3 aliphatic rings. The van der Waals surface area contributed by atoms with E-state index in [9.17, 15) is 14.4 Å². The molecule has 0 saturated carbocycles. The van der Waals surface area contributed by atoms with Gasteiger partial charge in [-0.3, -0.25) is 14.5 Å². The molecule has 4 heterocycles. The van der Waals surface area contributed by atoms with Crippen LogP contribution in [-0.4, -0.2) is 71.5 Å². The molecule has 10 nitrogen and oxygen atoms in total. The van der Waals surface area contributed by atoms with Gasteiger partial charge in [0.1, 0.15) is 17.9 Å². The third-order valence-corrected chi connectivity index (χ3v) is 5.75. The molecule has 3 amide bonds. The van der Waals surface area contributed by atoms with Crippen molar-refractivity contribution < 1.29 is 28.4 Å². The Labute approximate surface area is 162 Å². The van der Waals surface area contributed by atoms with Gasteiger partial charge in [0.25, 0.3) is 5.91 Å². The largest absolute Gasteiger partial charge is 0.468 e. The Bertz CT molecular complexity index is 899. The van der Waals surface area contributed by atoms with E-state index in [1.165, 1.54) is 12.0 Å². The van der Waals surface area contributed by atoms with Crippen molar-refractivity contribution in [3.05, 3.63) is 11.4 Å². The van der Waals surface area contributed by atoms with Crippen LogP contribution in [0.5, 0.6) is 0 Å². The number of nitrogens with zero attached hydrogens (tertiary/aromatic N) is 5. The van der Waals surface area contributed by atoms with Gasteiger partial charge in [-0.25, -0.2) is 18.8 Å². The van der Waals surface area contributed by atoms with Gasteiger partial charge in [-0.05, 0) is 26.7 Å². The van der Waals surface area contributed by atoms with Crippen molar-refractivity contribution in [3.8, 4) is 0 Å². The summed E-state index contributed by atoms with van der Waals surface area (Å²) < 4.78 is 14.3. The van der Waals surface area contributed by atoms with Crippen molar-refractivity contribution in [2.24, 2.45) is 4.99 Å². The fourth-order valence-corrected chi connectivity index (χ4v) is 4.05. The standard InChI is InChI=1S/C18H24N5O5/c1-10-11(2)23-14-15(19-17(23)21(10)8-12-6-5-7-28-12)20(3)18(26)22(16(14)25)9-13(24)27-4/h12,14H,5-9H2,1-4H3/q+1. The van der Waals surface area contributed by atoms with E-state index in [2.05, 4.69) is 9.73 Å². The molecule has 4 rings (SSSR count). The van der Waals surface area contributed by atoms with E-state index in [1.807, 2.05) is 23.0 Å². The fourth-order valence-electron chi connectivity index (χ4n) is 4.05. The second kappa shape index (κ2) is 6.69. The zero-order chi connectivity index (χ0) is 20.2. The Balaban J connectivity index is 1.74. The van der Waals surface area contributed by atoms with Gasteiger partial charge in [0.05, 0.1) is 19.8 Å². The van der Waals surface area contributed by atoms with Crippen LogP contribution in [0.1, 0.15) is 30.3 Å². The second-order valence-corrected chi connectivity index (χ2v) is 7.30. The maximum atomic E-state index is 13.1. The number of amidine groups is 1. The first-order valence-corrected chi connectivity index (χ1v) is 9.32. The molecule has 2 fully saturated rings. The summed E-state index contributed by atoms with van der Waals surface area (Å²) in [4.78, 5) is 44.3. The number of aliphatic imine (C=N–C) groups is 1. The Morgan fingerprint density at radius 2 is 2.11 bits per heavy atom.